The first-order chi connectivity index (χ1) is 8.22. The molecule has 0 spiro atoms. The number of nitrogen functional groups attached to an aromatic ring is 1. The summed E-state index contributed by atoms with van der Waals surface area (Å²) in [5, 5.41) is 0. The molecule has 2 N–H and O–H groups in total. The van der Waals surface area contributed by atoms with Crippen molar-refractivity contribution in [1.82, 2.24) is 14.9 Å². The highest BCUT2D eigenvalue weighted by atomic mass is 16.5. The van der Waals surface area contributed by atoms with Gasteiger partial charge in [0.1, 0.15) is 0 Å². The van der Waals surface area contributed by atoms with E-state index in [0.29, 0.717) is 19.7 Å². The fraction of sp³-hybridized carbons (Fsp3) is 0.545. The lowest BCUT2D eigenvalue weighted by Crippen LogP contribution is -2.45. The van der Waals surface area contributed by atoms with Crippen LogP contribution in [-0.2, 0) is 4.74 Å². The number of nitrogens with two attached hydrogens (primary N) is 1. The number of aromatic nitrogens is 2. The van der Waals surface area contributed by atoms with Crippen molar-refractivity contribution in [2.24, 2.45) is 0 Å². The van der Waals surface area contributed by atoms with Crippen LogP contribution in [0.3, 0.4) is 0 Å². The largest absolute Gasteiger partial charge is 0.382 e. The van der Waals surface area contributed by atoms with Gasteiger partial charge in [-0.05, 0) is 6.42 Å². The van der Waals surface area contributed by atoms with E-state index in [1.807, 2.05) is 6.92 Å². The molecule has 17 heavy (non-hydrogen) atoms. The molecule has 1 atom stereocenters. The van der Waals surface area contributed by atoms with Crippen LogP contribution >= 0.6 is 0 Å². The number of amides is 1. The summed E-state index contributed by atoms with van der Waals surface area (Å²) < 4.78 is 5.51. The Balaban J connectivity index is 2.12. The molecule has 1 saturated heterocycles. The minimum Gasteiger partial charge on any atom is -0.382 e. The maximum absolute atomic E-state index is 12.2. The van der Waals surface area contributed by atoms with E-state index in [1.54, 1.807) is 4.90 Å². The van der Waals surface area contributed by atoms with E-state index in [0.717, 1.165) is 6.42 Å². The first-order valence-corrected chi connectivity index (χ1v) is 5.69. The van der Waals surface area contributed by atoms with Crippen LogP contribution in [0.5, 0.6) is 0 Å². The quantitative estimate of drug-likeness (QED) is 0.799. The molecule has 2 heterocycles. The molecule has 92 valence electrons. The topological polar surface area (TPSA) is 81.3 Å². The second kappa shape index (κ2) is 5.09. The minimum absolute atomic E-state index is 0.102. The van der Waals surface area contributed by atoms with Gasteiger partial charge in [-0.25, -0.2) is 9.97 Å². The summed E-state index contributed by atoms with van der Waals surface area (Å²) in [6, 6.07) is 0. The standard InChI is InChI=1S/C11H16N4O2/c1-2-8-7-15(5-6-17-8)11(16)9-10(12)14-4-3-13-9/h3-4,8H,2,5-7H2,1H3,(H2,12,14)/t8-/m0/s1. The van der Waals surface area contributed by atoms with Crippen LogP contribution in [0.2, 0.25) is 0 Å². The van der Waals surface area contributed by atoms with Gasteiger partial charge < -0.3 is 15.4 Å². The van der Waals surface area contributed by atoms with E-state index in [9.17, 15) is 4.79 Å². The Kier molecular flexibility index (Phi) is 3.53. The summed E-state index contributed by atoms with van der Waals surface area (Å²) in [6.45, 7) is 3.76. The van der Waals surface area contributed by atoms with Gasteiger partial charge in [0.25, 0.3) is 5.91 Å². The molecule has 6 nitrogen and oxygen atoms in total. The normalized spacial score (nSPS) is 20.3. The first-order valence-electron chi connectivity index (χ1n) is 5.69. The molecule has 1 fully saturated rings. The van der Waals surface area contributed by atoms with Gasteiger partial charge in [0, 0.05) is 25.5 Å². The number of morpholine rings is 1. The number of hydrogen-bond donors (Lipinski definition) is 1. The first kappa shape index (κ1) is 11.8. The molecule has 1 aliphatic heterocycles. The molecular formula is C11H16N4O2. The second-order valence-corrected chi connectivity index (χ2v) is 3.94. The molecule has 0 radical (unpaired) electrons. The van der Waals surface area contributed by atoms with E-state index in [1.165, 1.54) is 12.4 Å². The zero-order chi connectivity index (χ0) is 12.3. The zero-order valence-electron chi connectivity index (χ0n) is 9.80. The second-order valence-electron chi connectivity index (χ2n) is 3.94. The smallest absolute Gasteiger partial charge is 0.276 e. The van der Waals surface area contributed by atoms with Crippen molar-refractivity contribution in [2.45, 2.75) is 19.4 Å². The third-order valence-electron chi connectivity index (χ3n) is 2.81. The average Bonchev–Trinajstić information content (AvgIpc) is 2.38. The molecule has 6 heteroatoms. The lowest BCUT2D eigenvalue weighted by Gasteiger charge is -2.32. The van der Waals surface area contributed by atoms with Crippen LogP contribution in [0.15, 0.2) is 12.4 Å². The predicted molar refractivity (Wildman–Crippen MR) is 62.4 cm³/mol. The Bertz CT molecular complexity index is 410. The molecule has 1 amide bonds. The van der Waals surface area contributed by atoms with E-state index in [4.69, 9.17) is 10.5 Å². The van der Waals surface area contributed by atoms with Crippen molar-refractivity contribution in [2.75, 3.05) is 25.4 Å². The Hall–Kier alpha value is -1.69. The van der Waals surface area contributed by atoms with Gasteiger partial charge in [-0.3, -0.25) is 4.79 Å². The lowest BCUT2D eigenvalue weighted by molar-refractivity contribution is -0.0227. The molecule has 1 aromatic heterocycles. The third kappa shape index (κ3) is 2.52. The maximum atomic E-state index is 12.2. The van der Waals surface area contributed by atoms with Gasteiger partial charge in [0.05, 0.1) is 12.7 Å². The van der Waals surface area contributed by atoms with Crippen molar-refractivity contribution in [1.29, 1.82) is 0 Å². The number of hydrogen-bond acceptors (Lipinski definition) is 5. The number of anilines is 1. The lowest BCUT2D eigenvalue weighted by atomic mass is 10.2. The van der Waals surface area contributed by atoms with Crippen LogP contribution < -0.4 is 5.73 Å². The van der Waals surface area contributed by atoms with E-state index < -0.39 is 0 Å². The molecule has 0 aromatic carbocycles. The van der Waals surface area contributed by atoms with Crippen LogP contribution in [0.4, 0.5) is 5.82 Å². The number of ether oxygens (including phenoxy) is 1. The van der Waals surface area contributed by atoms with Crippen LogP contribution in [-0.4, -0.2) is 46.6 Å². The summed E-state index contributed by atoms with van der Waals surface area (Å²) in [6.07, 6.45) is 3.94. The van der Waals surface area contributed by atoms with E-state index >= 15 is 0 Å². The molecule has 1 aromatic rings. The monoisotopic (exact) mass is 236 g/mol. The van der Waals surface area contributed by atoms with Gasteiger partial charge in [-0.1, -0.05) is 6.92 Å². The number of carbonyl (C=O) groups is 1. The van der Waals surface area contributed by atoms with Gasteiger partial charge in [0.2, 0.25) is 0 Å². The Labute approximate surface area is 99.8 Å². The van der Waals surface area contributed by atoms with Crippen molar-refractivity contribution in [3.63, 3.8) is 0 Å². The molecule has 0 aliphatic carbocycles. The Morgan fingerprint density at radius 3 is 3.06 bits per heavy atom. The molecular weight excluding hydrogens is 220 g/mol. The number of carbonyl (C=O) groups excluding carboxylic acids is 1. The van der Waals surface area contributed by atoms with Crippen molar-refractivity contribution < 1.29 is 9.53 Å². The summed E-state index contributed by atoms with van der Waals surface area (Å²) in [5.41, 5.74) is 5.87. The molecule has 0 bridgehead atoms. The predicted octanol–water partition coefficient (Wildman–Crippen LogP) is 0.310. The maximum Gasteiger partial charge on any atom is 0.276 e. The van der Waals surface area contributed by atoms with Crippen molar-refractivity contribution in [3.05, 3.63) is 18.1 Å². The fourth-order valence-corrected chi connectivity index (χ4v) is 1.81. The minimum atomic E-state index is -0.169. The highest BCUT2D eigenvalue weighted by Crippen LogP contribution is 2.13. The van der Waals surface area contributed by atoms with E-state index in [2.05, 4.69) is 9.97 Å². The van der Waals surface area contributed by atoms with Crippen molar-refractivity contribution >= 4 is 11.7 Å². The highest BCUT2D eigenvalue weighted by molar-refractivity contribution is 5.96. The SMILES string of the molecule is CC[C@H]1CN(C(=O)c2nccnc2N)CCO1. The summed E-state index contributed by atoms with van der Waals surface area (Å²) >= 11 is 0. The van der Waals surface area contributed by atoms with Crippen LogP contribution in [0.25, 0.3) is 0 Å². The van der Waals surface area contributed by atoms with Crippen LogP contribution in [0, 0.1) is 0 Å². The van der Waals surface area contributed by atoms with Gasteiger partial charge in [-0.2, -0.15) is 0 Å². The molecule has 1 aliphatic rings. The Morgan fingerprint density at radius 1 is 1.59 bits per heavy atom. The van der Waals surface area contributed by atoms with Gasteiger partial charge in [-0.15, -0.1) is 0 Å². The third-order valence-corrected chi connectivity index (χ3v) is 2.81. The van der Waals surface area contributed by atoms with Crippen LogP contribution in [0.1, 0.15) is 23.8 Å². The highest BCUT2D eigenvalue weighted by Gasteiger charge is 2.26. The fourth-order valence-electron chi connectivity index (χ4n) is 1.81. The number of rotatable bonds is 2. The molecule has 0 saturated carbocycles. The van der Waals surface area contributed by atoms with E-state index in [-0.39, 0.29) is 23.5 Å². The summed E-state index contributed by atoms with van der Waals surface area (Å²) in [4.78, 5) is 21.7. The van der Waals surface area contributed by atoms with Gasteiger partial charge >= 0.3 is 0 Å². The molecule has 2 rings (SSSR count). The average molecular weight is 236 g/mol. The number of nitrogens with zero attached hydrogens (tertiary/aromatic N) is 3. The summed E-state index contributed by atoms with van der Waals surface area (Å²) in [5.74, 6) is 0.00869. The Morgan fingerprint density at radius 2 is 2.35 bits per heavy atom. The van der Waals surface area contributed by atoms with Crippen molar-refractivity contribution in [3.8, 4) is 0 Å². The van der Waals surface area contributed by atoms with Gasteiger partial charge in [0.15, 0.2) is 11.5 Å². The summed E-state index contributed by atoms with van der Waals surface area (Å²) in [7, 11) is 0. The zero-order valence-corrected chi connectivity index (χ0v) is 9.80. The molecule has 0 unspecified atom stereocenters.